The van der Waals surface area contributed by atoms with Crippen LogP contribution in [0.15, 0.2) is 24.5 Å². The van der Waals surface area contributed by atoms with E-state index in [0.29, 0.717) is 60.2 Å². The van der Waals surface area contributed by atoms with Gasteiger partial charge in [-0.2, -0.15) is 5.10 Å². The SMILES string of the molecule is Cc1cc(Nc2cc3c(cn2)CCN(c2cnc4c(c2Cl)N(C(=O)OC(C)(C)C)CCO4)C3)nn1CC(=O)N(C)C. The fourth-order valence-corrected chi connectivity index (χ4v) is 5.05. The lowest BCUT2D eigenvalue weighted by Crippen LogP contribution is -2.42. The van der Waals surface area contributed by atoms with Crippen LogP contribution in [-0.4, -0.2) is 76.0 Å². The lowest BCUT2D eigenvalue weighted by atomic mass is 10.0. The summed E-state index contributed by atoms with van der Waals surface area (Å²) in [6, 6.07) is 3.88. The number of likely N-dealkylation sites (N-methyl/N-ethyl adjacent to an activating group) is 1. The highest BCUT2D eigenvalue weighted by atomic mass is 35.5. The second-order valence-corrected chi connectivity index (χ2v) is 11.7. The van der Waals surface area contributed by atoms with Crippen molar-refractivity contribution in [2.24, 2.45) is 0 Å². The molecule has 0 aliphatic carbocycles. The van der Waals surface area contributed by atoms with Crippen LogP contribution in [0.5, 0.6) is 5.88 Å². The molecule has 0 fully saturated rings. The second kappa shape index (κ2) is 11.1. The maximum absolute atomic E-state index is 13.0. The standard InChI is InChI=1S/C28H35ClN8O4/c1-17-11-22(33-37(17)16-23(38)34(5)6)32-21-12-19-15-35(8-7-18(19)13-30-21)20-14-31-26-25(24(20)29)36(9-10-40-26)27(39)41-28(2,3)4/h11-14H,7-10,15-16H2,1-6H3,(H,30,32,33). The molecule has 0 bridgehead atoms. The third-order valence-corrected chi connectivity index (χ3v) is 7.21. The van der Waals surface area contributed by atoms with Crippen molar-refractivity contribution in [3.05, 3.63) is 46.4 Å². The van der Waals surface area contributed by atoms with Gasteiger partial charge < -0.3 is 24.6 Å². The molecule has 0 radical (unpaired) electrons. The molecule has 5 heterocycles. The van der Waals surface area contributed by atoms with Crippen LogP contribution in [0.25, 0.3) is 0 Å². The molecular formula is C28H35ClN8O4. The first-order valence-corrected chi connectivity index (χ1v) is 13.8. The van der Waals surface area contributed by atoms with Crippen LogP contribution in [0.3, 0.4) is 0 Å². The van der Waals surface area contributed by atoms with Crippen molar-refractivity contribution in [1.82, 2.24) is 24.6 Å². The Labute approximate surface area is 244 Å². The minimum absolute atomic E-state index is 0.0362. The molecule has 1 N–H and O–H groups in total. The van der Waals surface area contributed by atoms with E-state index in [1.807, 2.05) is 46.0 Å². The van der Waals surface area contributed by atoms with E-state index < -0.39 is 11.7 Å². The Morgan fingerprint density at radius 3 is 2.63 bits per heavy atom. The number of nitrogens with one attached hydrogen (secondary N) is 1. The normalized spacial score (nSPS) is 14.6. The first-order chi connectivity index (χ1) is 19.4. The predicted octanol–water partition coefficient (Wildman–Crippen LogP) is 4.16. The fraction of sp³-hybridized carbons (Fsp3) is 0.464. The number of fused-ring (bicyclic) bond motifs is 2. The molecular weight excluding hydrogens is 548 g/mol. The van der Waals surface area contributed by atoms with Crippen molar-refractivity contribution in [2.45, 2.75) is 52.8 Å². The topological polar surface area (TPSA) is 118 Å². The summed E-state index contributed by atoms with van der Waals surface area (Å²) in [6.45, 7) is 9.44. The number of aryl methyl sites for hydroxylation is 1. The van der Waals surface area contributed by atoms with Gasteiger partial charge in [-0.1, -0.05) is 11.6 Å². The quantitative estimate of drug-likeness (QED) is 0.473. The van der Waals surface area contributed by atoms with Crippen molar-refractivity contribution in [2.75, 3.05) is 48.9 Å². The van der Waals surface area contributed by atoms with Gasteiger partial charge in [0.15, 0.2) is 5.82 Å². The Balaban J connectivity index is 1.36. The number of halogens is 1. The summed E-state index contributed by atoms with van der Waals surface area (Å²) in [5.74, 6) is 1.53. The van der Waals surface area contributed by atoms with E-state index >= 15 is 0 Å². The van der Waals surface area contributed by atoms with E-state index in [1.165, 1.54) is 9.80 Å². The summed E-state index contributed by atoms with van der Waals surface area (Å²) in [5.41, 5.74) is 3.58. The van der Waals surface area contributed by atoms with E-state index in [1.54, 1.807) is 25.0 Å². The van der Waals surface area contributed by atoms with Crippen molar-refractivity contribution in [3.8, 4) is 5.88 Å². The molecule has 5 rings (SSSR count). The molecule has 2 aliphatic rings. The Kier molecular flexibility index (Phi) is 7.69. The summed E-state index contributed by atoms with van der Waals surface area (Å²) in [6.07, 6.45) is 3.84. The Morgan fingerprint density at radius 2 is 1.90 bits per heavy atom. The van der Waals surface area contributed by atoms with Crippen LogP contribution in [0.1, 0.15) is 37.6 Å². The highest BCUT2D eigenvalue weighted by molar-refractivity contribution is 6.36. The largest absolute Gasteiger partial charge is 0.474 e. The Hall–Kier alpha value is -4.06. The number of ether oxygens (including phenoxy) is 2. The summed E-state index contributed by atoms with van der Waals surface area (Å²) in [4.78, 5) is 39.4. The average molecular weight is 583 g/mol. The zero-order valence-electron chi connectivity index (χ0n) is 24.2. The zero-order chi connectivity index (χ0) is 29.5. The van der Waals surface area contributed by atoms with Gasteiger partial charge in [0.05, 0.1) is 23.5 Å². The predicted molar refractivity (Wildman–Crippen MR) is 156 cm³/mol. The maximum Gasteiger partial charge on any atom is 0.415 e. The van der Waals surface area contributed by atoms with Gasteiger partial charge in [0, 0.05) is 45.1 Å². The van der Waals surface area contributed by atoms with E-state index in [0.717, 1.165) is 23.2 Å². The number of anilines is 4. The molecule has 0 unspecified atom stereocenters. The highest BCUT2D eigenvalue weighted by Gasteiger charge is 2.33. The number of hydrogen-bond acceptors (Lipinski definition) is 9. The summed E-state index contributed by atoms with van der Waals surface area (Å²) < 4.78 is 13.0. The molecule has 2 aliphatic heterocycles. The van der Waals surface area contributed by atoms with Gasteiger partial charge in [-0.3, -0.25) is 14.4 Å². The van der Waals surface area contributed by atoms with Crippen LogP contribution in [-0.2, 0) is 29.0 Å². The van der Waals surface area contributed by atoms with Crippen molar-refractivity contribution in [3.63, 3.8) is 0 Å². The minimum atomic E-state index is -0.649. The molecule has 41 heavy (non-hydrogen) atoms. The van der Waals surface area contributed by atoms with E-state index in [4.69, 9.17) is 21.1 Å². The number of nitrogens with zero attached hydrogens (tertiary/aromatic N) is 7. The second-order valence-electron chi connectivity index (χ2n) is 11.3. The maximum atomic E-state index is 13.0. The number of carbonyl (C=O) groups is 2. The molecule has 12 nitrogen and oxygen atoms in total. The molecule has 0 atom stereocenters. The van der Waals surface area contributed by atoms with E-state index in [-0.39, 0.29) is 12.5 Å². The average Bonchev–Trinajstić information content (AvgIpc) is 3.25. The van der Waals surface area contributed by atoms with Gasteiger partial charge in [0.2, 0.25) is 11.8 Å². The first kappa shape index (κ1) is 28.5. The highest BCUT2D eigenvalue weighted by Crippen LogP contribution is 2.43. The molecule has 2 amide bonds. The molecule has 3 aromatic heterocycles. The molecule has 0 saturated carbocycles. The van der Waals surface area contributed by atoms with Crippen LogP contribution >= 0.6 is 11.6 Å². The van der Waals surface area contributed by atoms with Gasteiger partial charge in [-0.15, -0.1) is 0 Å². The van der Waals surface area contributed by atoms with Gasteiger partial charge in [-0.05, 0) is 51.3 Å². The zero-order valence-corrected chi connectivity index (χ0v) is 24.9. The van der Waals surface area contributed by atoms with Crippen molar-refractivity contribution >= 4 is 46.6 Å². The monoisotopic (exact) mass is 582 g/mol. The number of pyridine rings is 2. The summed E-state index contributed by atoms with van der Waals surface area (Å²) in [7, 11) is 3.44. The van der Waals surface area contributed by atoms with Crippen LogP contribution in [0.2, 0.25) is 5.02 Å². The number of rotatable bonds is 5. The summed E-state index contributed by atoms with van der Waals surface area (Å²) >= 11 is 6.94. The molecule has 3 aromatic rings. The number of aromatic nitrogens is 4. The summed E-state index contributed by atoms with van der Waals surface area (Å²) in [5, 5.41) is 8.18. The molecule has 218 valence electrons. The number of carbonyl (C=O) groups excluding carboxylic acids is 2. The molecule has 0 saturated heterocycles. The smallest absolute Gasteiger partial charge is 0.415 e. The van der Waals surface area contributed by atoms with Crippen LogP contribution in [0, 0.1) is 6.92 Å². The lowest BCUT2D eigenvalue weighted by Gasteiger charge is -2.35. The molecule has 0 aromatic carbocycles. The van der Waals surface area contributed by atoms with Crippen molar-refractivity contribution in [1.29, 1.82) is 0 Å². The number of amides is 2. The van der Waals surface area contributed by atoms with Crippen LogP contribution in [0.4, 0.5) is 27.8 Å². The first-order valence-electron chi connectivity index (χ1n) is 13.5. The molecule has 0 spiro atoms. The fourth-order valence-electron chi connectivity index (χ4n) is 4.70. The third-order valence-electron chi connectivity index (χ3n) is 6.83. The van der Waals surface area contributed by atoms with Crippen LogP contribution < -0.4 is 19.9 Å². The van der Waals surface area contributed by atoms with Gasteiger partial charge >= 0.3 is 6.09 Å². The Morgan fingerprint density at radius 1 is 1.12 bits per heavy atom. The van der Waals surface area contributed by atoms with E-state index in [2.05, 4.69) is 25.3 Å². The van der Waals surface area contributed by atoms with Gasteiger partial charge in [-0.25, -0.2) is 14.8 Å². The Bertz CT molecular complexity index is 1480. The lowest BCUT2D eigenvalue weighted by molar-refractivity contribution is -0.129. The van der Waals surface area contributed by atoms with Crippen molar-refractivity contribution < 1.29 is 19.1 Å². The minimum Gasteiger partial charge on any atom is -0.474 e. The van der Waals surface area contributed by atoms with E-state index in [9.17, 15) is 9.59 Å². The van der Waals surface area contributed by atoms with Gasteiger partial charge in [0.25, 0.3) is 0 Å². The third kappa shape index (κ3) is 6.17. The number of hydrogen-bond donors (Lipinski definition) is 1. The van der Waals surface area contributed by atoms with Gasteiger partial charge in [0.1, 0.15) is 30.3 Å². The molecule has 13 heteroatoms.